The molecule has 0 bridgehead atoms. The molecule has 1 atom stereocenters. The van der Waals surface area contributed by atoms with E-state index in [-0.39, 0.29) is 18.9 Å². The van der Waals surface area contributed by atoms with Crippen LogP contribution in [-0.2, 0) is 4.79 Å². The molecule has 0 aromatic rings. The van der Waals surface area contributed by atoms with E-state index in [1.54, 1.807) is 0 Å². The van der Waals surface area contributed by atoms with E-state index in [1.165, 1.54) is 0 Å². The fourth-order valence-electron chi connectivity index (χ4n) is 1.95. The maximum absolute atomic E-state index is 11.1. The van der Waals surface area contributed by atoms with Crippen LogP contribution in [0.15, 0.2) is 0 Å². The second-order valence-electron chi connectivity index (χ2n) is 4.52. The van der Waals surface area contributed by atoms with Crippen LogP contribution in [0.25, 0.3) is 0 Å². The highest BCUT2D eigenvalue weighted by Crippen LogP contribution is 2.17. The number of amides is 1. The van der Waals surface area contributed by atoms with Gasteiger partial charge in [0.15, 0.2) is 0 Å². The highest BCUT2D eigenvalue weighted by atomic mass is 16.3. The molecule has 1 aliphatic heterocycles. The highest BCUT2D eigenvalue weighted by molar-refractivity contribution is 5.75. The number of carbonyl (C=O) groups excluding carboxylic acids is 1. The van der Waals surface area contributed by atoms with Gasteiger partial charge in [0.05, 0.1) is 6.61 Å². The van der Waals surface area contributed by atoms with Crippen molar-refractivity contribution in [2.45, 2.75) is 32.7 Å². The third-order valence-electron chi connectivity index (χ3n) is 2.97. The fourth-order valence-corrected chi connectivity index (χ4v) is 1.95. The second kappa shape index (κ2) is 6.08. The van der Waals surface area contributed by atoms with Crippen LogP contribution in [0.2, 0.25) is 0 Å². The molecule has 88 valence electrons. The number of aliphatic hydroxyl groups is 1. The summed E-state index contributed by atoms with van der Waals surface area (Å²) >= 11 is 0. The number of hydrogen-bond acceptors (Lipinski definition) is 3. The summed E-state index contributed by atoms with van der Waals surface area (Å²) in [5.41, 5.74) is 0. The Morgan fingerprint density at radius 3 is 2.87 bits per heavy atom. The van der Waals surface area contributed by atoms with Gasteiger partial charge in [0.2, 0.25) is 5.91 Å². The second-order valence-corrected chi connectivity index (χ2v) is 4.52. The molecule has 0 spiro atoms. The zero-order chi connectivity index (χ0) is 11.3. The summed E-state index contributed by atoms with van der Waals surface area (Å²) in [4.78, 5) is 13.6. The van der Waals surface area contributed by atoms with Gasteiger partial charge < -0.3 is 15.3 Å². The van der Waals surface area contributed by atoms with E-state index in [4.69, 9.17) is 5.11 Å². The summed E-state index contributed by atoms with van der Waals surface area (Å²) in [7, 11) is 0. The largest absolute Gasteiger partial charge is 0.396 e. The lowest BCUT2D eigenvalue weighted by molar-refractivity contribution is -0.121. The Balaban J connectivity index is 2.16. The van der Waals surface area contributed by atoms with E-state index in [1.807, 2.05) is 0 Å². The Morgan fingerprint density at radius 2 is 2.33 bits per heavy atom. The fraction of sp³-hybridized carbons (Fsp3) is 0.909. The number of aliphatic hydroxyl groups excluding tert-OH is 1. The molecule has 1 saturated heterocycles. The maximum atomic E-state index is 11.1. The molecule has 2 N–H and O–H groups in total. The van der Waals surface area contributed by atoms with Crippen molar-refractivity contribution in [2.75, 3.05) is 26.2 Å². The third-order valence-corrected chi connectivity index (χ3v) is 2.97. The molecular weight excluding hydrogens is 192 g/mol. The van der Waals surface area contributed by atoms with Crippen LogP contribution in [0.5, 0.6) is 0 Å². The van der Waals surface area contributed by atoms with Crippen molar-refractivity contribution in [3.63, 3.8) is 0 Å². The molecule has 1 amide bonds. The molecule has 0 radical (unpaired) electrons. The molecular formula is C11H22N2O2. The summed E-state index contributed by atoms with van der Waals surface area (Å²) < 4.78 is 0. The van der Waals surface area contributed by atoms with Crippen LogP contribution < -0.4 is 5.32 Å². The highest BCUT2D eigenvalue weighted by Gasteiger charge is 2.24. The molecule has 4 heteroatoms. The summed E-state index contributed by atoms with van der Waals surface area (Å²) in [6, 6.07) is 0.600. The smallest absolute Gasteiger partial charge is 0.222 e. The van der Waals surface area contributed by atoms with Gasteiger partial charge in [0.1, 0.15) is 0 Å². The van der Waals surface area contributed by atoms with Gasteiger partial charge in [-0.25, -0.2) is 0 Å². The molecule has 0 aromatic carbocycles. The summed E-state index contributed by atoms with van der Waals surface area (Å²) in [6.07, 6.45) is 1.39. The number of carbonyl (C=O) groups is 1. The van der Waals surface area contributed by atoms with Crippen molar-refractivity contribution in [2.24, 2.45) is 5.92 Å². The lowest BCUT2D eigenvalue weighted by atomic mass is 10.1. The minimum atomic E-state index is -0.0609. The predicted molar refractivity (Wildman–Crippen MR) is 59.5 cm³/mol. The molecule has 1 aliphatic rings. The van der Waals surface area contributed by atoms with E-state index in [2.05, 4.69) is 24.1 Å². The molecule has 4 nitrogen and oxygen atoms in total. The average Bonchev–Trinajstić information content (AvgIpc) is 2.63. The molecule has 0 aromatic heterocycles. The zero-order valence-corrected chi connectivity index (χ0v) is 9.70. The number of nitrogens with zero attached hydrogens (tertiary/aromatic N) is 1. The van der Waals surface area contributed by atoms with Crippen LogP contribution >= 0.6 is 0 Å². The van der Waals surface area contributed by atoms with E-state index in [0.717, 1.165) is 26.1 Å². The van der Waals surface area contributed by atoms with Gasteiger partial charge in [-0.2, -0.15) is 0 Å². The van der Waals surface area contributed by atoms with Gasteiger partial charge >= 0.3 is 0 Å². The molecule has 1 heterocycles. The maximum Gasteiger partial charge on any atom is 0.222 e. The molecule has 1 fully saturated rings. The van der Waals surface area contributed by atoms with Crippen molar-refractivity contribution < 1.29 is 9.90 Å². The van der Waals surface area contributed by atoms with Crippen molar-refractivity contribution in [3.05, 3.63) is 0 Å². The number of nitrogens with one attached hydrogen (secondary N) is 1. The Morgan fingerprint density at radius 1 is 1.60 bits per heavy atom. The molecule has 1 rings (SSSR count). The van der Waals surface area contributed by atoms with Gasteiger partial charge in [-0.05, 0) is 32.7 Å². The summed E-state index contributed by atoms with van der Waals surface area (Å²) in [6.45, 7) is 7.31. The Hall–Kier alpha value is -0.610. The molecule has 0 unspecified atom stereocenters. The normalized spacial score (nSPS) is 22.3. The van der Waals surface area contributed by atoms with Gasteiger partial charge in [-0.3, -0.25) is 4.79 Å². The lowest BCUT2D eigenvalue weighted by Gasteiger charge is -2.20. The van der Waals surface area contributed by atoms with Crippen molar-refractivity contribution in [3.8, 4) is 0 Å². The van der Waals surface area contributed by atoms with Crippen LogP contribution in [-0.4, -0.2) is 48.2 Å². The minimum absolute atomic E-state index is 0.0412. The van der Waals surface area contributed by atoms with E-state index in [0.29, 0.717) is 12.0 Å². The molecule has 0 saturated carbocycles. The monoisotopic (exact) mass is 214 g/mol. The lowest BCUT2D eigenvalue weighted by Crippen LogP contribution is -2.33. The van der Waals surface area contributed by atoms with E-state index in [9.17, 15) is 4.79 Å². The SMILES string of the molecule is CC(C)N1CC[C@H](CNC(=O)CCO)C1. The predicted octanol–water partition coefficient (Wildman–Crippen LogP) is 0.215. The first-order chi connectivity index (χ1) is 7.13. The summed E-state index contributed by atoms with van der Waals surface area (Å²) in [5.74, 6) is 0.538. The van der Waals surface area contributed by atoms with Gasteiger partial charge in [-0.15, -0.1) is 0 Å². The first-order valence-corrected chi connectivity index (χ1v) is 5.75. The first kappa shape index (κ1) is 12.5. The van der Waals surface area contributed by atoms with Gasteiger partial charge in [0, 0.05) is 25.6 Å². The van der Waals surface area contributed by atoms with Crippen molar-refractivity contribution in [1.29, 1.82) is 0 Å². The minimum Gasteiger partial charge on any atom is -0.396 e. The Kier molecular flexibility index (Phi) is 5.05. The Bertz CT molecular complexity index is 207. The first-order valence-electron chi connectivity index (χ1n) is 5.75. The molecule has 0 aliphatic carbocycles. The number of hydrogen-bond donors (Lipinski definition) is 2. The third kappa shape index (κ3) is 4.18. The topological polar surface area (TPSA) is 52.6 Å². The van der Waals surface area contributed by atoms with Crippen LogP contribution in [0.4, 0.5) is 0 Å². The van der Waals surface area contributed by atoms with Crippen molar-refractivity contribution in [1.82, 2.24) is 10.2 Å². The van der Waals surface area contributed by atoms with E-state index >= 15 is 0 Å². The van der Waals surface area contributed by atoms with Gasteiger partial charge in [-0.1, -0.05) is 0 Å². The average molecular weight is 214 g/mol. The van der Waals surface area contributed by atoms with E-state index < -0.39 is 0 Å². The molecule has 15 heavy (non-hydrogen) atoms. The van der Waals surface area contributed by atoms with Crippen molar-refractivity contribution >= 4 is 5.91 Å². The quantitative estimate of drug-likeness (QED) is 0.688. The van der Waals surface area contributed by atoms with Crippen LogP contribution in [0.3, 0.4) is 0 Å². The number of likely N-dealkylation sites (tertiary alicyclic amines) is 1. The standard InChI is InChI=1S/C11H22N2O2/c1-9(2)13-5-3-10(8-13)7-12-11(15)4-6-14/h9-10,14H,3-8H2,1-2H3,(H,12,15)/t10-/m1/s1. The Labute approximate surface area is 91.6 Å². The van der Waals surface area contributed by atoms with Crippen LogP contribution in [0, 0.1) is 5.92 Å². The van der Waals surface area contributed by atoms with Gasteiger partial charge in [0.25, 0.3) is 0 Å². The summed E-state index contributed by atoms with van der Waals surface area (Å²) in [5, 5.41) is 11.4. The zero-order valence-electron chi connectivity index (χ0n) is 9.70. The number of rotatable bonds is 5. The van der Waals surface area contributed by atoms with Crippen LogP contribution in [0.1, 0.15) is 26.7 Å².